The molecule has 0 amide bonds. The van der Waals surface area contributed by atoms with E-state index in [-0.39, 0.29) is 11.9 Å². The van der Waals surface area contributed by atoms with Crippen molar-refractivity contribution in [2.24, 2.45) is 0 Å². The van der Waals surface area contributed by atoms with Crippen LogP contribution in [0.3, 0.4) is 0 Å². The number of halogens is 2. The van der Waals surface area contributed by atoms with E-state index in [9.17, 15) is 0 Å². The molecular formula is C17H20Br2O4. The van der Waals surface area contributed by atoms with Crippen LogP contribution in [0.25, 0.3) is 0 Å². The van der Waals surface area contributed by atoms with Crippen molar-refractivity contribution in [3.63, 3.8) is 0 Å². The van der Waals surface area contributed by atoms with Crippen LogP contribution in [-0.2, 0) is 0 Å². The first-order valence-corrected chi connectivity index (χ1v) is 8.49. The molecule has 0 spiro atoms. The fourth-order valence-electron chi connectivity index (χ4n) is 1.73. The minimum atomic E-state index is 0.150. The highest BCUT2D eigenvalue weighted by atomic mass is 79.9. The molecule has 0 saturated carbocycles. The predicted octanol–water partition coefficient (Wildman–Crippen LogP) is 5.41. The minimum Gasteiger partial charge on any atom is -0.504 e. The summed E-state index contributed by atoms with van der Waals surface area (Å²) in [5.74, 6) is 2.14. The van der Waals surface area contributed by atoms with Gasteiger partial charge in [0.05, 0.1) is 29.3 Å². The third-order valence-electron chi connectivity index (χ3n) is 2.65. The van der Waals surface area contributed by atoms with E-state index in [1.54, 1.807) is 25.3 Å². The van der Waals surface area contributed by atoms with Gasteiger partial charge in [-0.3, -0.25) is 0 Å². The lowest BCUT2D eigenvalue weighted by molar-refractivity contribution is 0.229. The highest BCUT2D eigenvalue weighted by Gasteiger charge is 2.08. The normalized spacial score (nSPS) is 9.87. The lowest BCUT2D eigenvalue weighted by atomic mass is 10.3. The fraction of sp³-hybridized carbons (Fsp3) is 0.294. The van der Waals surface area contributed by atoms with E-state index in [2.05, 4.69) is 31.9 Å². The largest absolute Gasteiger partial charge is 0.504 e. The molecule has 0 fully saturated rings. The number of rotatable bonds is 4. The quantitative estimate of drug-likeness (QED) is 0.680. The summed E-state index contributed by atoms with van der Waals surface area (Å²) < 4.78 is 17.3. The molecule has 0 aliphatic carbocycles. The van der Waals surface area contributed by atoms with Gasteiger partial charge in [0.15, 0.2) is 23.0 Å². The van der Waals surface area contributed by atoms with Gasteiger partial charge in [-0.05, 0) is 70.0 Å². The zero-order chi connectivity index (χ0) is 17.4. The van der Waals surface area contributed by atoms with Gasteiger partial charge < -0.3 is 19.3 Å². The van der Waals surface area contributed by atoms with Gasteiger partial charge in [0.1, 0.15) is 0 Å². The van der Waals surface area contributed by atoms with Gasteiger partial charge in [-0.15, -0.1) is 0 Å². The zero-order valence-corrected chi connectivity index (χ0v) is 16.6. The van der Waals surface area contributed by atoms with Gasteiger partial charge in [0, 0.05) is 0 Å². The monoisotopic (exact) mass is 446 g/mol. The van der Waals surface area contributed by atoms with Crippen molar-refractivity contribution in [1.82, 2.24) is 0 Å². The molecular weight excluding hydrogens is 428 g/mol. The number of benzene rings is 2. The number of hydrogen-bond acceptors (Lipinski definition) is 4. The molecule has 2 aromatic rings. The maximum atomic E-state index is 9.14. The van der Waals surface area contributed by atoms with Crippen LogP contribution in [0.15, 0.2) is 45.3 Å². The van der Waals surface area contributed by atoms with Crippen molar-refractivity contribution < 1.29 is 19.3 Å². The maximum Gasteiger partial charge on any atom is 0.174 e. The van der Waals surface area contributed by atoms with Gasteiger partial charge in [-0.2, -0.15) is 0 Å². The van der Waals surface area contributed by atoms with Crippen molar-refractivity contribution in [2.75, 3.05) is 14.2 Å². The Morgan fingerprint density at radius 3 is 1.83 bits per heavy atom. The molecule has 126 valence electrons. The summed E-state index contributed by atoms with van der Waals surface area (Å²) in [4.78, 5) is 0. The van der Waals surface area contributed by atoms with Crippen LogP contribution in [0.2, 0.25) is 0 Å². The van der Waals surface area contributed by atoms with E-state index in [1.165, 1.54) is 7.11 Å². The third kappa shape index (κ3) is 5.95. The second-order valence-corrected chi connectivity index (χ2v) is 6.44. The standard InChI is InChI=1S/C10H13BrO2.C7H7BrO2/c1-7(2)13-9-6-4-5-8(11)10(9)12-3;1-10-7-5(8)3-2-4-6(7)9/h4-7H,1-3H3;2-4,9H,1H3. The number of methoxy groups -OCH3 is 2. The van der Waals surface area contributed by atoms with Gasteiger partial charge in [-0.25, -0.2) is 0 Å². The summed E-state index contributed by atoms with van der Waals surface area (Å²) in [5, 5.41) is 9.14. The zero-order valence-electron chi connectivity index (χ0n) is 13.5. The van der Waals surface area contributed by atoms with E-state index in [4.69, 9.17) is 19.3 Å². The Labute approximate surface area is 153 Å². The molecule has 6 heteroatoms. The Balaban J connectivity index is 0.000000238. The van der Waals surface area contributed by atoms with Crippen LogP contribution in [-0.4, -0.2) is 25.4 Å². The molecule has 4 nitrogen and oxygen atoms in total. The fourth-order valence-corrected chi connectivity index (χ4v) is 2.76. The Bertz CT molecular complexity index is 610. The molecule has 0 unspecified atom stereocenters. The molecule has 0 heterocycles. The van der Waals surface area contributed by atoms with E-state index in [0.29, 0.717) is 5.75 Å². The first-order valence-electron chi connectivity index (χ1n) is 6.91. The van der Waals surface area contributed by atoms with Crippen LogP contribution >= 0.6 is 31.9 Å². The Hall–Kier alpha value is -1.40. The number of hydrogen-bond donors (Lipinski definition) is 1. The number of para-hydroxylation sites is 2. The third-order valence-corrected chi connectivity index (χ3v) is 3.90. The second-order valence-electron chi connectivity index (χ2n) is 4.73. The van der Waals surface area contributed by atoms with Crippen molar-refractivity contribution in [3.05, 3.63) is 45.3 Å². The topological polar surface area (TPSA) is 47.9 Å². The number of phenols is 1. The lowest BCUT2D eigenvalue weighted by Gasteiger charge is -2.13. The summed E-state index contributed by atoms with van der Waals surface area (Å²) in [7, 11) is 3.15. The molecule has 2 rings (SSSR count). The Kier molecular flexibility index (Phi) is 8.26. The first-order chi connectivity index (χ1) is 10.9. The van der Waals surface area contributed by atoms with Gasteiger partial charge in [0.25, 0.3) is 0 Å². The van der Waals surface area contributed by atoms with Crippen LogP contribution in [0.5, 0.6) is 23.0 Å². The SMILES string of the molecule is COc1c(Br)cccc1OC(C)C.COc1c(O)cccc1Br. The van der Waals surface area contributed by atoms with E-state index in [0.717, 1.165) is 20.4 Å². The Morgan fingerprint density at radius 1 is 0.870 bits per heavy atom. The van der Waals surface area contributed by atoms with Crippen molar-refractivity contribution in [3.8, 4) is 23.0 Å². The summed E-state index contributed by atoms with van der Waals surface area (Å²) in [6.45, 7) is 3.97. The molecule has 0 radical (unpaired) electrons. The summed E-state index contributed by atoms with van der Waals surface area (Å²) in [6.07, 6.45) is 0.156. The molecule has 0 bridgehead atoms. The molecule has 2 aromatic carbocycles. The predicted molar refractivity (Wildman–Crippen MR) is 98.8 cm³/mol. The van der Waals surface area contributed by atoms with E-state index < -0.39 is 0 Å². The van der Waals surface area contributed by atoms with Crippen molar-refractivity contribution >= 4 is 31.9 Å². The van der Waals surface area contributed by atoms with Crippen LogP contribution in [0.4, 0.5) is 0 Å². The summed E-state index contributed by atoms with van der Waals surface area (Å²) >= 11 is 6.61. The number of phenolic OH excluding ortho intramolecular Hbond substituents is 1. The van der Waals surface area contributed by atoms with Crippen LogP contribution < -0.4 is 14.2 Å². The number of ether oxygens (including phenoxy) is 3. The highest BCUT2D eigenvalue weighted by molar-refractivity contribution is 9.10. The maximum absolute atomic E-state index is 9.14. The number of aromatic hydroxyl groups is 1. The van der Waals surface area contributed by atoms with Crippen molar-refractivity contribution in [1.29, 1.82) is 0 Å². The molecule has 0 aliphatic heterocycles. The molecule has 0 aliphatic rings. The molecule has 0 atom stereocenters. The van der Waals surface area contributed by atoms with Gasteiger partial charge >= 0.3 is 0 Å². The van der Waals surface area contributed by atoms with Crippen LogP contribution in [0, 0.1) is 0 Å². The highest BCUT2D eigenvalue weighted by Crippen LogP contribution is 2.35. The van der Waals surface area contributed by atoms with Gasteiger partial charge in [-0.1, -0.05) is 12.1 Å². The molecule has 0 saturated heterocycles. The Morgan fingerprint density at radius 2 is 1.39 bits per heavy atom. The van der Waals surface area contributed by atoms with Crippen LogP contribution in [0.1, 0.15) is 13.8 Å². The summed E-state index contributed by atoms with van der Waals surface area (Å²) in [6, 6.07) is 10.9. The molecule has 0 aromatic heterocycles. The van der Waals surface area contributed by atoms with E-state index in [1.807, 2.05) is 32.0 Å². The smallest absolute Gasteiger partial charge is 0.174 e. The second kappa shape index (κ2) is 9.67. The average molecular weight is 448 g/mol. The molecule has 23 heavy (non-hydrogen) atoms. The first kappa shape index (κ1) is 19.6. The van der Waals surface area contributed by atoms with E-state index >= 15 is 0 Å². The van der Waals surface area contributed by atoms with Crippen molar-refractivity contribution in [2.45, 2.75) is 20.0 Å². The molecule has 1 N–H and O–H groups in total. The average Bonchev–Trinajstić information content (AvgIpc) is 2.48. The minimum absolute atomic E-state index is 0.150. The summed E-state index contributed by atoms with van der Waals surface area (Å²) in [5.41, 5.74) is 0. The van der Waals surface area contributed by atoms with Gasteiger partial charge in [0.2, 0.25) is 0 Å². The lowest BCUT2D eigenvalue weighted by Crippen LogP contribution is -2.06.